The Kier molecular flexibility index (Phi) is 7.61. The Bertz CT molecular complexity index is 1800. The van der Waals surface area contributed by atoms with E-state index in [-0.39, 0.29) is 17.7 Å². The number of fused-ring (bicyclic) bond motifs is 1. The lowest BCUT2D eigenvalue weighted by Crippen LogP contribution is -2.39. The van der Waals surface area contributed by atoms with Crippen molar-refractivity contribution < 1.29 is 18.7 Å². The van der Waals surface area contributed by atoms with Crippen molar-refractivity contribution in [3.05, 3.63) is 120 Å². The molecule has 2 aromatic heterocycles. The second-order valence-corrected chi connectivity index (χ2v) is 10.3. The molecule has 0 N–H and O–H groups in total. The molecule has 7 nitrogen and oxygen atoms in total. The average molecular weight is 581 g/mol. The highest BCUT2D eigenvalue weighted by Gasteiger charge is 2.33. The van der Waals surface area contributed by atoms with Crippen molar-refractivity contribution in [1.29, 1.82) is 0 Å². The number of thiazole rings is 1. The molecule has 0 unspecified atom stereocenters. The van der Waals surface area contributed by atoms with E-state index >= 15 is 0 Å². The van der Waals surface area contributed by atoms with Gasteiger partial charge >= 0.3 is 5.97 Å². The van der Waals surface area contributed by atoms with Gasteiger partial charge < -0.3 is 13.9 Å². The van der Waals surface area contributed by atoms with Crippen molar-refractivity contribution >= 4 is 46.6 Å². The van der Waals surface area contributed by atoms with Crippen LogP contribution < -0.4 is 19.6 Å². The maximum absolute atomic E-state index is 13.8. The van der Waals surface area contributed by atoms with Gasteiger partial charge in [0.2, 0.25) is 0 Å². The van der Waals surface area contributed by atoms with E-state index in [1.165, 1.54) is 22.0 Å². The molecule has 0 bridgehead atoms. The van der Waals surface area contributed by atoms with Gasteiger partial charge in [-0.2, -0.15) is 0 Å². The minimum Gasteiger partial charge on any atom is -0.497 e. The van der Waals surface area contributed by atoms with Crippen LogP contribution in [-0.2, 0) is 9.53 Å². The van der Waals surface area contributed by atoms with Crippen molar-refractivity contribution in [2.24, 2.45) is 4.99 Å². The van der Waals surface area contributed by atoms with Gasteiger partial charge in [-0.05, 0) is 48.9 Å². The molecule has 198 valence electrons. The summed E-state index contributed by atoms with van der Waals surface area (Å²) < 4.78 is 18.5. The molecule has 0 saturated heterocycles. The maximum atomic E-state index is 13.8. The standard InChI is InChI=1S/C29H22Cl2N2O5S/c1-4-14-37-28(35)24-16(2)32-29-33(26(24)17-8-10-18(36-3)11-9-17)27(34)23(39-29)15-19-12-13-22(38-19)20-6-5-7-21(30)25(20)31/h4-13,15,26H,1,14H2,2-3H3/b23-15-/t26-/m1/s1. The fraction of sp³-hybridized carbons (Fsp3) is 0.138. The summed E-state index contributed by atoms with van der Waals surface area (Å²) in [5, 5.41) is 0.794. The Balaban J connectivity index is 1.63. The summed E-state index contributed by atoms with van der Waals surface area (Å²) >= 11 is 13.7. The maximum Gasteiger partial charge on any atom is 0.338 e. The number of furan rings is 1. The predicted octanol–water partition coefficient (Wildman–Crippen LogP) is 5.54. The number of carbonyl (C=O) groups excluding carboxylic acids is 1. The van der Waals surface area contributed by atoms with Crippen LogP contribution in [0.5, 0.6) is 5.75 Å². The van der Waals surface area contributed by atoms with Gasteiger partial charge in [-0.25, -0.2) is 9.79 Å². The third kappa shape index (κ3) is 5.11. The normalized spacial score (nSPS) is 15.1. The first kappa shape index (κ1) is 26.7. The molecule has 1 atom stereocenters. The van der Waals surface area contributed by atoms with Gasteiger partial charge in [0.1, 0.15) is 23.9 Å². The summed E-state index contributed by atoms with van der Waals surface area (Å²) in [5.74, 6) is 1.05. The summed E-state index contributed by atoms with van der Waals surface area (Å²) in [6.07, 6.45) is 3.13. The third-order valence-corrected chi connectivity index (χ3v) is 7.92. The number of ether oxygens (including phenoxy) is 2. The molecule has 0 fully saturated rings. The smallest absolute Gasteiger partial charge is 0.338 e. The molecule has 0 saturated carbocycles. The molecule has 0 radical (unpaired) electrons. The molecular formula is C29H22Cl2N2O5S. The molecule has 1 aliphatic heterocycles. The molecule has 39 heavy (non-hydrogen) atoms. The van der Waals surface area contributed by atoms with E-state index in [0.717, 1.165) is 0 Å². The molecule has 10 heteroatoms. The van der Waals surface area contributed by atoms with Crippen molar-refractivity contribution in [1.82, 2.24) is 4.57 Å². The highest BCUT2D eigenvalue weighted by atomic mass is 35.5. The molecular weight excluding hydrogens is 559 g/mol. The molecule has 0 spiro atoms. The van der Waals surface area contributed by atoms with Gasteiger partial charge in [0.15, 0.2) is 4.80 Å². The van der Waals surface area contributed by atoms with Gasteiger partial charge in [0, 0.05) is 11.6 Å². The zero-order valence-corrected chi connectivity index (χ0v) is 23.3. The van der Waals surface area contributed by atoms with Crippen LogP contribution in [0.4, 0.5) is 0 Å². The number of benzene rings is 2. The predicted molar refractivity (Wildman–Crippen MR) is 152 cm³/mol. The minimum absolute atomic E-state index is 0.0346. The fourth-order valence-electron chi connectivity index (χ4n) is 4.30. The molecule has 2 aromatic carbocycles. The monoisotopic (exact) mass is 580 g/mol. The second-order valence-electron chi connectivity index (χ2n) is 8.55. The van der Waals surface area contributed by atoms with Crippen molar-refractivity contribution in [3.63, 3.8) is 0 Å². The summed E-state index contributed by atoms with van der Waals surface area (Å²) in [7, 11) is 1.57. The molecule has 3 heterocycles. The molecule has 4 aromatic rings. The van der Waals surface area contributed by atoms with Crippen LogP contribution in [0.15, 0.2) is 92.7 Å². The lowest BCUT2D eigenvalue weighted by molar-refractivity contribution is -0.138. The van der Waals surface area contributed by atoms with E-state index in [1.807, 2.05) is 12.1 Å². The van der Waals surface area contributed by atoms with Gasteiger partial charge in [-0.1, -0.05) is 65.4 Å². The quantitative estimate of drug-likeness (QED) is 0.212. The minimum atomic E-state index is -0.746. The van der Waals surface area contributed by atoms with E-state index < -0.39 is 12.0 Å². The zero-order chi connectivity index (χ0) is 27.7. The van der Waals surface area contributed by atoms with Crippen molar-refractivity contribution in [2.75, 3.05) is 13.7 Å². The van der Waals surface area contributed by atoms with Crippen LogP contribution >= 0.6 is 34.5 Å². The number of allylic oxidation sites excluding steroid dienone is 1. The van der Waals surface area contributed by atoms with E-state index in [2.05, 4.69) is 11.6 Å². The van der Waals surface area contributed by atoms with Crippen LogP contribution in [0.3, 0.4) is 0 Å². The fourth-order valence-corrected chi connectivity index (χ4v) is 5.72. The number of methoxy groups -OCH3 is 1. The van der Waals surface area contributed by atoms with E-state index in [1.54, 1.807) is 62.6 Å². The Morgan fingerprint density at radius 1 is 1.18 bits per heavy atom. The van der Waals surface area contributed by atoms with Crippen LogP contribution in [0.25, 0.3) is 17.4 Å². The van der Waals surface area contributed by atoms with Gasteiger partial charge in [0.25, 0.3) is 5.56 Å². The summed E-state index contributed by atoms with van der Waals surface area (Å²) in [6, 6.07) is 15.2. The topological polar surface area (TPSA) is 83.0 Å². The third-order valence-electron chi connectivity index (χ3n) is 6.12. The van der Waals surface area contributed by atoms with Gasteiger partial charge in [0.05, 0.1) is 39.0 Å². The Morgan fingerprint density at radius 2 is 1.95 bits per heavy atom. The van der Waals surface area contributed by atoms with E-state index in [9.17, 15) is 9.59 Å². The largest absolute Gasteiger partial charge is 0.497 e. The number of halogens is 2. The molecule has 5 rings (SSSR count). The number of hydrogen-bond donors (Lipinski definition) is 0. The van der Waals surface area contributed by atoms with Crippen LogP contribution in [-0.4, -0.2) is 24.3 Å². The number of hydrogen-bond acceptors (Lipinski definition) is 7. The van der Waals surface area contributed by atoms with Crippen molar-refractivity contribution in [3.8, 4) is 17.1 Å². The second kappa shape index (κ2) is 11.1. The Labute approximate surface area is 237 Å². The van der Waals surface area contributed by atoms with E-state index in [4.69, 9.17) is 37.1 Å². The van der Waals surface area contributed by atoms with Gasteiger partial charge in [-0.3, -0.25) is 9.36 Å². The van der Waals surface area contributed by atoms with Crippen molar-refractivity contribution in [2.45, 2.75) is 13.0 Å². The highest BCUT2D eigenvalue weighted by molar-refractivity contribution is 7.07. The Morgan fingerprint density at radius 3 is 2.67 bits per heavy atom. The van der Waals surface area contributed by atoms with Crippen LogP contribution in [0, 0.1) is 0 Å². The summed E-state index contributed by atoms with van der Waals surface area (Å²) in [6.45, 7) is 5.37. The summed E-state index contributed by atoms with van der Waals surface area (Å²) in [5.41, 5.74) is 1.77. The average Bonchev–Trinajstić information content (AvgIpc) is 3.52. The first-order chi connectivity index (χ1) is 18.8. The van der Waals surface area contributed by atoms with Crippen LogP contribution in [0.1, 0.15) is 24.3 Å². The number of esters is 1. The SMILES string of the molecule is C=CCOC(=O)C1=C(C)N=c2s/c(=C\c3ccc(-c4cccc(Cl)c4Cl)o3)c(=O)n2[C@@H]1c1ccc(OC)cc1. The first-order valence-corrected chi connectivity index (χ1v) is 13.4. The first-order valence-electron chi connectivity index (χ1n) is 11.8. The molecule has 1 aliphatic rings. The number of aromatic nitrogens is 1. The zero-order valence-electron chi connectivity index (χ0n) is 20.9. The number of rotatable bonds is 7. The molecule has 0 aliphatic carbocycles. The van der Waals surface area contributed by atoms with Gasteiger partial charge in [-0.15, -0.1) is 0 Å². The lowest BCUT2D eigenvalue weighted by atomic mass is 9.96. The highest BCUT2D eigenvalue weighted by Crippen LogP contribution is 2.35. The van der Waals surface area contributed by atoms with Crippen LogP contribution in [0.2, 0.25) is 10.0 Å². The summed E-state index contributed by atoms with van der Waals surface area (Å²) in [4.78, 5) is 31.9. The number of nitrogens with zero attached hydrogens (tertiary/aromatic N) is 2. The molecule has 0 amide bonds. The Hall–Kier alpha value is -3.85. The number of carbonyl (C=O) groups is 1. The lowest BCUT2D eigenvalue weighted by Gasteiger charge is -2.24. The van der Waals surface area contributed by atoms with E-state index in [0.29, 0.717) is 53.5 Å².